The number of thiazole rings is 1. The molecule has 114 valence electrons. The Bertz CT molecular complexity index is 812. The Morgan fingerprint density at radius 2 is 1.90 bits per heavy atom. The molecule has 1 saturated heterocycles. The average molecular weight is 326 g/mol. The molecule has 2 aromatic rings. The van der Waals surface area contributed by atoms with Gasteiger partial charge < -0.3 is 4.98 Å². The first-order chi connectivity index (χ1) is 9.86. The minimum absolute atomic E-state index is 0.167. The first-order valence-electron chi connectivity index (χ1n) is 6.99. The molecule has 1 fully saturated rings. The van der Waals surface area contributed by atoms with Gasteiger partial charge in [0.2, 0.25) is 10.0 Å². The van der Waals surface area contributed by atoms with Gasteiger partial charge in [0.1, 0.15) is 0 Å². The lowest BCUT2D eigenvalue weighted by Gasteiger charge is -2.34. The number of aromatic amines is 1. The topological polar surface area (TPSA) is 70.2 Å². The lowest BCUT2D eigenvalue weighted by atomic mass is 9.94. The molecule has 1 N–H and O–H groups in total. The molecule has 1 aromatic carbocycles. The van der Waals surface area contributed by atoms with Crippen LogP contribution in [0.5, 0.6) is 0 Å². The van der Waals surface area contributed by atoms with E-state index in [1.165, 1.54) is 0 Å². The minimum atomic E-state index is -3.49. The van der Waals surface area contributed by atoms with Crippen LogP contribution in [0.15, 0.2) is 27.9 Å². The van der Waals surface area contributed by atoms with E-state index in [0.717, 1.165) is 17.8 Å². The normalized spacial score (nSPS) is 24.5. The molecule has 1 aromatic heterocycles. The number of rotatable bonds is 2. The Morgan fingerprint density at radius 1 is 1.24 bits per heavy atom. The Hall–Kier alpha value is -1.18. The fourth-order valence-electron chi connectivity index (χ4n) is 3.04. The van der Waals surface area contributed by atoms with Gasteiger partial charge in [-0.2, -0.15) is 4.31 Å². The highest BCUT2D eigenvalue weighted by molar-refractivity contribution is 7.89. The highest BCUT2D eigenvalue weighted by atomic mass is 32.2. The Morgan fingerprint density at radius 3 is 2.57 bits per heavy atom. The van der Waals surface area contributed by atoms with Crippen molar-refractivity contribution in [2.24, 2.45) is 11.8 Å². The van der Waals surface area contributed by atoms with Crippen LogP contribution >= 0.6 is 11.3 Å². The van der Waals surface area contributed by atoms with Crippen molar-refractivity contribution >= 4 is 31.6 Å². The van der Waals surface area contributed by atoms with Crippen molar-refractivity contribution in [1.29, 1.82) is 0 Å². The van der Waals surface area contributed by atoms with Gasteiger partial charge in [-0.25, -0.2) is 8.42 Å². The van der Waals surface area contributed by atoms with Crippen molar-refractivity contribution < 1.29 is 8.42 Å². The average Bonchev–Trinajstić information content (AvgIpc) is 2.76. The second kappa shape index (κ2) is 5.23. The maximum atomic E-state index is 12.8. The van der Waals surface area contributed by atoms with E-state index < -0.39 is 10.0 Å². The van der Waals surface area contributed by atoms with Crippen molar-refractivity contribution in [3.8, 4) is 0 Å². The van der Waals surface area contributed by atoms with E-state index >= 15 is 0 Å². The number of hydrogen-bond acceptors (Lipinski definition) is 4. The zero-order chi connectivity index (χ0) is 15.2. The fraction of sp³-hybridized carbons (Fsp3) is 0.500. The summed E-state index contributed by atoms with van der Waals surface area (Å²) in [4.78, 5) is 14.1. The number of hydrogen-bond donors (Lipinski definition) is 1. The molecular weight excluding hydrogens is 308 g/mol. The third-order valence-electron chi connectivity index (χ3n) is 3.87. The van der Waals surface area contributed by atoms with Crippen LogP contribution in [0.4, 0.5) is 0 Å². The standard InChI is InChI=1S/C14H18N2O3S2/c1-9-5-10(2)8-16(7-9)21(18,19)11-3-4-12-13(6-11)20-14(17)15-12/h3-4,6,9-10H,5,7-8H2,1-2H3,(H,15,17). The van der Waals surface area contributed by atoms with Crippen LogP contribution < -0.4 is 4.87 Å². The van der Waals surface area contributed by atoms with Gasteiger partial charge in [0.05, 0.1) is 15.1 Å². The molecule has 0 saturated carbocycles. The second-order valence-corrected chi connectivity index (χ2v) is 8.89. The van der Waals surface area contributed by atoms with Gasteiger partial charge in [0.15, 0.2) is 0 Å². The number of nitrogens with zero attached hydrogens (tertiary/aromatic N) is 1. The molecular formula is C14H18N2O3S2. The van der Waals surface area contributed by atoms with E-state index in [1.807, 2.05) is 0 Å². The molecule has 7 heteroatoms. The molecule has 0 aliphatic carbocycles. The lowest BCUT2D eigenvalue weighted by Crippen LogP contribution is -2.42. The maximum Gasteiger partial charge on any atom is 0.305 e. The van der Waals surface area contributed by atoms with Gasteiger partial charge in [-0.1, -0.05) is 25.2 Å². The SMILES string of the molecule is CC1CC(C)CN(S(=O)(=O)c2ccc3[nH]c(=O)sc3c2)C1. The predicted molar refractivity (Wildman–Crippen MR) is 84.1 cm³/mol. The summed E-state index contributed by atoms with van der Waals surface area (Å²) >= 11 is 1.04. The summed E-state index contributed by atoms with van der Waals surface area (Å²) in [6.45, 7) is 5.29. The first kappa shape index (κ1) is 14.7. The van der Waals surface area contributed by atoms with E-state index in [2.05, 4.69) is 18.8 Å². The van der Waals surface area contributed by atoms with Gasteiger partial charge in [0, 0.05) is 13.1 Å². The quantitative estimate of drug-likeness (QED) is 0.920. The second-order valence-electron chi connectivity index (χ2n) is 5.94. The molecule has 1 aliphatic heterocycles. The summed E-state index contributed by atoms with van der Waals surface area (Å²) in [7, 11) is -3.49. The summed E-state index contributed by atoms with van der Waals surface area (Å²) in [5.74, 6) is 0.742. The number of H-pyrrole nitrogens is 1. The van der Waals surface area contributed by atoms with E-state index in [9.17, 15) is 13.2 Å². The molecule has 0 amide bonds. The van der Waals surface area contributed by atoms with Crippen molar-refractivity contribution in [2.75, 3.05) is 13.1 Å². The van der Waals surface area contributed by atoms with Gasteiger partial charge in [-0.05, 0) is 36.5 Å². The number of aromatic nitrogens is 1. The summed E-state index contributed by atoms with van der Waals surface area (Å²) in [5.41, 5.74) is 0.685. The van der Waals surface area contributed by atoms with Crippen molar-refractivity contribution in [1.82, 2.24) is 9.29 Å². The molecule has 2 unspecified atom stereocenters. The van der Waals surface area contributed by atoms with Crippen molar-refractivity contribution in [3.05, 3.63) is 27.9 Å². The van der Waals surface area contributed by atoms with Crippen LogP contribution in [-0.2, 0) is 10.0 Å². The number of nitrogens with one attached hydrogen (secondary N) is 1. The molecule has 2 heterocycles. The van der Waals surface area contributed by atoms with Crippen LogP contribution in [0, 0.1) is 11.8 Å². The third-order valence-corrected chi connectivity index (χ3v) is 6.54. The Kier molecular flexibility index (Phi) is 3.67. The molecule has 0 spiro atoms. The van der Waals surface area contributed by atoms with E-state index in [0.29, 0.717) is 35.1 Å². The van der Waals surface area contributed by atoms with Crippen LogP contribution in [0.25, 0.3) is 10.2 Å². The number of fused-ring (bicyclic) bond motifs is 1. The van der Waals surface area contributed by atoms with E-state index in [1.54, 1.807) is 22.5 Å². The van der Waals surface area contributed by atoms with E-state index in [-0.39, 0.29) is 9.77 Å². The van der Waals surface area contributed by atoms with Crippen LogP contribution in [0.1, 0.15) is 20.3 Å². The van der Waals surface area contributed by atoms with Crippen molar-refractivity contribution in [3.63, 3.8) is 0 Å². The zero-order valence-corrected chi connectivity index (χ0v) is 13.6. The fourth-order valence-corrected chi connectivity index (χ4v) is 5.59. The molecule has 3 rings (SSSR count). The zero-order valence-electron chi connectivity index (χ0n) is 12.0. The molecule has 0 radical (unpaired) electrons. The summed E-state index contributed by atoms with van der Waals surface area (Å²) in [6.07, 6.45) is 1.06. The van der Waals surface area contributed by atoms with Crippen molar-refractivity contribution in [2.45, 2.75) is 25.2 Å². The predicted octanol–water partition coefficient (Wildman–Crippen LogP) is 2.26. The monoisotopic (exact) mass is 326 g/mol. The van der Waals surface area contributed by atoms with Gasteiger partial charge in [-0.3, -0.25) is 4.79 Å². The Labute approximate surface area is 127 Å². The summed E-state index contributed by atoms with van der Waals surface area (Å²) in [5, 5.41) is 0. The largest absolute Gasteiger partial charge is 0.312 e. The van der Waals surface area contributed by atoms with E-state index in [4.69, 9.17) is 0 Å². The maximum absolute atomic E-state index is 12.8. The smallest absolute Gasteiger partial charge is 0.305 e. The highest BCUT2D eigenvalue weighted by Crippen LogP contribution is 2.28. The molecule has 2 atom stereocenters. The third kappa shape index (κ3) is 2.77. The summed E-state index contributed by atoms with van der Waals surface area (Å²) in [6, 6.07) is 4.83. The molecule has 5 nitrogen and oxygen atoms in total. The van der Waals surface area contributed by atoms with Crippen LogP contribution in [0.3, 0.4) is 0 Å². The van der Waals surface area contributed by atoms with Gasteiger partial charge >= 0.3 is 4.87 Å². The Balaban J connectivity index is 2.01. The molecule has 0 bridgehead atoms. The number of benzene rings is 1. The van der Waals surface area contributed by atoms with Gasteiger partial charge in [-0.15, -0.1) is 0 Å². The van der Waals surface area contributed by atoms with Crippen LogP contribution in [0.2, 0.25) is 0 Å². The first-order valence-corrected chi connectivity index (χ1v) is 9.25. The minimum Gasteiger partial charge on any atom is -0.312 e. The highest BCUT2D eigenvalue weighted by Gasteiger charge is 2.31. The number of sulfonamides is 1. The van der Waals surface area contributed by atoms with Gasteiger partial charge in [0.25, 0.3) is 0 Å². The number of piperidine rings is 1. The lowest BCUT2D eigenvalue weighted by molar-refractivity contribution is 0.222. The van der Waals surface area contributed by atoms with Crippen LogP contribution in [-0.4, -0.2) is 30.8 Å². The molecule has 1 aliphatic rings. The molecule has 21 heavy (non-hydrogen) atoms. The summed E-state index contributed by atoms with van der Waals surface area (Å²) < 4.78 is 27.8.